The zero-order chi connectivity index (χ0) is 35.1. The van der Waals surface area contributed by atoms with E-state index < -0.39 is 0 Å². The number of likely N-dealkylation sites (N-methyl/N-ethyl adjacent to an activating group) is 1. The van der Waals surface area contributed by atoms with Crippen LogP contribution in [0.25, 0.3) is 0 Å². The monoisotopic (exact) mass is 677 g/mol. The van der Waals surface area contributed by atoms with Crippen LogP contribution >= 0.6 is 0 Å². The molecule has 0 rings (SSSR count). The Morgan fingerprint density at radius 2 is 0.729 bits per heavy atom. The van der Waals surface area contributed by atoms with Gasteiger partial charge in [-0.05, 0) is 85.0 Å². The molecule has 0 radical (unpaired) electrons. The average Bonchev–Trinajstić information content (AvgIpc) is 3.11. The number of quaternary nitrogens is 1. The molecule has 0 aromatic rings. The van der Waals surface area contributed by atoms with Gasteiger partial charge in [0.05, 0.1) is 26.2 Å². The van der Waals surface area contributed by atoms with Crippen LogP contribution in [0.15, 0.2) is 24.3 Å². The van der Waals surface area contributed by atoms with Crippen molar-refractivity contribution in [3.8, 4) is 0 Å². The van der Waals surface area contributed by atoms with Crippen molar-refractivity contribution in [2.75, 3.05) is 46.0 Å². The average molecular weight is 677 g/mol. The molecule has 1 unspecified atom stereocenters. The standard InChI is InChI=1S/C45H90NO2/c1-6-11-13-15-17-19-21-23-25-27-29-31-33-35-37-39-41-47-44-45(43-46(8-3,9-4)10-5)48-42-40-38-36-34-32-30-28-26-24-22-20-18-16-14-12-7-2/h23-26,45H,6-22,27-44H2,1-5H3/q+1/b25-23-,26-24-. The van der Waals surface area contributed by atoms with E-state index in [-0.39, 0.29) is 6.10 Å². The molecule has 0 fully saturated rings. The summed E-state index contributed by atoms with van der Waals surface area (Å²) < 4.78 is 13.9. The van der Waals surface area contributed by atoms with E-state index >= 15 is 0 Å². The maximum absolute atomic E-state index is 6.50. The highest BCUT2D eigenvalue weighted by Crippen LogP contribution is 2.14. The first-order chi connectivity index (χ1) is 23.7. The van der Waals surface area contributed by atoms with Crippen molar-refractivity contribution in [2.45, 2.75) is 221 Å². The molecule has 0 spiro atoms. The van der Waals surface area contributed by atoms with Crippen molar-refractivity contribution in [1.29, 1.82) is 0 Å². The number of unbranched alkanes of at least 4 members (excludes halogenated alkanes) is 24. The summed E-state index contributed by atoms with van der Waals surface area (Å²) in [5, 5.41) is 0. The van der Waals surface area contributed by atoms with Crippen LogP contribution in [0.3, 0.4) is 0 Å². The minimum Gasteiger partial charge on any atom is -0.379 e. The van der Waals surface area contributed by atoms with Gasteiger partial charge in [0.1, 0.15) is 12.6 Å². The molecule has 3 nitrogen and oxygen atoms in total. The topological polar surface area (TPSA) is 18.5 Å². The molecule has 286 valence electrons. The Hall–Kier alpha value is -0.640. The lowest BCUT2D eigenvalue weighted by molar-refractivity contribution is -0.926. The molecule has 0 saturated carbocycles. The molecule has 0 aliphatic carbocycles. The molecular weight excluding hydrogens is 587 g/mol. The predicted molar refractivity (Wildman–Crippen MR) is 216 cm³/mol. The van der Waals surface area contributed by atoms with Crippen molar-refractivity contribution < 1.29 is 14.0 Å². The smallest absolute Gasteiger partial charge is 0.130 e. The van der Waals surface area contributed by atoms with E-state index in [0.29, 0.717) is 0 Å². The molecule has 0 N–H and O–H groups in total. The second-order valence-electron chi connectivity index (χ2n) is 14.9. The van der Waals surface area contributed by atoms with Gasteiger partial charge in [-0.2, -0.15) is 0 Å². The quantitative estimate of drug-likeness (QED) is 0.0365. The summed E-state index contributed by atoms with van der Waals surface area (Å²) in [6.45, 7) is 18.8. The van der Waals surface area contributed by atoms with Crippen LogP contribution in [0.1, 0.15) is 214 Å². The molecule has 3 heteroatoms. The van der Waals surface area contributed by atoms with Crippen molar-refractivity contribution >= 4 is 0 Å². The van der Waals surface area contributed by atoms with Gasteiger partial charge in [0.2, 0.25) is 0 Å². The van der Waals surface area contributed by atoms with Crippen molar-refractivity contribution in [3.05, 3.63) is 24.3 Å². The lowest BCUT2D eigenvalue weighted by atomic mass is 10.1. The number of hydrogen-bond donors (Lipinski definition) is 0. The molecular formula is C45H90NO2+. The van der Waals surface area contributed by atoms with E-state index in [9.17, 15) is 0 Å². The van der Waals surface area contributed by atoms with E-state index in [1.807, 2.05) is 0 Å². The lowest BCUT2D eigenvalue weighted by Gasteiger charge is -2.38. The number of allylic oxidation sites excluding steroid dienone is 4. The highest BCUT2D eigenvalue weighted by Gasteiger charge is 2.26. The van der Waals surface area contributed by atoms with Crippen LogP contribution in [0.2, 0.25) is 0 Å². The Labute approximate surface area is 304 Å². The van der Waals surface area contributed by atoms with Gasteiger partial charge >= 0.3 is 0 Å². The fraction of sp³-hybridized carbons (Fsp3) is 0.911. The van der Waals surface area contributed by atoms with E-state index in [2.05, 4.69) is 58.9 Å². The van der Waals surface area contributed by atoms with Crippen LogP contribution in [-0.4, -0.2) is 56.6 Å². The molecule has 0 heterocycles. The maximum Gasteiger partial charge on any atom is 0.130 e. The maximum atomic E-state index is 6.50. The van der Waals surface area contributed by atoms with Gasteiger partial charge in [0.25, 0.3) is 0 Å². The minimum absolute atomic E-state index is 0.224. The van der Waals surface area contributed by atoms with Crippen molar-refractivity contribution in [1.82, 2.24) is 0 Å². The molecule has 0 saturated heterocycles. The fourth-order valence-corrected chi connectivity index (χ4v) is 6.91. The third-order valence-corrected chi connectivity index (χ3v) is 10.7. The number of nitrogens with zero attached hydrogens (tertiary/aromatic N) is 1. The third kappa shape index (κ3) is 32.6. The summed E-state index contributed by atoms with van der Waals surface area (Å²) in [7, 11) is 0. The van der Waals surface area contributed by atoms with Crippen LogP contribution in [-0.2, 0) is 9.47 Å². The van der Waals surface area contributed by atoms with Crippen molar-refractivity contribution in [3.63, 3.8) is 0 Å². The minimum atomic E-state index is 0.224. The molecule has 0 aliphatic heterocycles. The highest BCUT2D eigenvalue weighted by atomic mass is 16.5. The lowest BCUT2D eigenvalue weighted by Crippen LogP contribution is -2.53. The van der Waals surface area contributed by atoms with Gasteiger partial charge < -0.3 is 14.0 Å². The largest absolute Gasteiger partial charge is 0.379 e. The summed E-state index contributed by atoms with van der Waals surface area (Å²) in [4.78, 5) is 0. The Morgan fingerprint density at radius 3 is 1.10 bits per heavy atom. The van der Waals surface area contributed by atoms with E-state index in [1.54, 1.807) is 0 Å². The summed E-state index contributed by atoms with van der Waals surface area (Å²) in [6, 6.07) is 0. The summed E-state index contributed by atoms with van der Waals surface area (Å²) in [5.74, 6) is 0. The Kier molecular flexibility index (Phi) is 38.6. The van der Waals surface area contributed by atoms with Crippen LogP contribution < -0.4 is 0 Å². The zero-order valence-corrected chi connectivity index (χ0v) is 33.9. The molecule has 48 heavy (non-hydrogen) atoms. The summed E-state index contributed by atoms with van der Waals surface area (Å²) in [5.41, 5.74) is 0. The number of rotatable bonds is 40. The number of hydrogen-bond acceptors (Lipinski definition) is 2. The van der Waals surface area contributed by atoms with Gasteiger partial charge in [0.15, 0.2) is 0 Å². The van der Waals surface area contributed by atoms with Crippen LogP contribution in [0.4, 0.5) is 0 Å². The molecule has 0 aromatic carbocycles. The molecule has 0 bridgehead atoms. The first-order valence-corrected chi connectivity index (χ1v) is 22.0. The van der Waals surface area contributed by atoms with E-state index in [1.165, 1.54) is 199 Å². The predicted octanol–water partition coefficient (Wildman–Crippen LogP) is 14.3. The third-order valence-electron chi connectivity index (χ3n) is 10.7. The fourth-order valence-electron chi connectivity index (χ4n) is 6.91. The van der Waals surface area contributed by atoms with Gasteiger partial charge in [-0.1, -0.05) is 154 Å². The Bertz CT molecular complexity index is 647. The first kappa shape index (κ1) is 47.4. The summed E-state index contributed by atoms with van der Waals surface area (Å²) >= 11 is 0. The van der Waals surface area contributed by atoms with Gasteiger partial charge in [-0.25, -0.2) is 0 Å². The van der Waals surface area contributed by atoms with E-state index in [0.717, 1.165) is 30.8 Å². The molecule has 1 atom stereocenters. The van der Waals surface area contributed by atoms with Crippen LogP contribution in [0, 0.1) is 0 Å². The van der Waals surface area contributed by atoms with Crippen molar-refractivity contribution in [2.24, 2.45) is 0 Å². The zero-order valence-electron chi connectivity index (χ0n) is 33.9. The SMILES string of the molecule is CCCCCCCC/C=C\CCCCCCCCOCC(C[N+](CC)(CC)CC)OCCCCCCCC/C=C\CCCCCCCC. The molecule has 0 aliphatic rings. The summed E-state index contributed by atoms with van der Waals surface area (Å²) in [6.07, 6.45) is 47.7. The van der Waals surface area contributed by atoms with Gasteiger partial charge in [-0.15, -0.1) is 0 Å². The van der Waals surface area contributed by atoms with Crippen LogP contribution in [0.5, 0.6) is 0 Å². The molecule has 0 aromatic heterocycles. The number of ether oxygens (including phenoxy) is 2. The van der Waals surface area contributed by atoms with Gasteiger partial charge in [-0.3, -0.25) is 0 Å². The first-order valence-electron chi connectivity index (χ1n) is 22.0. The Morgan fingerprint density at radius 1 is 0.396 bits per heavy atom. The van der Waals surface area contributed by atoms with E-state index in [4.69, 9.17) is 9.47 Å². The second kappa shape index (κ2) is 39.2. The van der Waals surface area contributed by atoms with Gasteiger partial charge in [0, 0.05) is 13.2 Å². The highest BCUT2D eigenvalue weighted by molar-refractivity contribution is 4.82. The Balaban J connectivity index is 3.92. The second-order valence-corrected chi connectivity index (χ2v) is 14.9. The molecule has 0 amide bonds. The normalized spacial score (nSPS) is 13.0.